The van der Waals surface area contributed by atoms with Gasteiger partial charge in [0.2, 0.25) is 5.88 Å². The maximum Gasteiger partial charge on any atom is 0.416 e. The van der Waals surface area contributed by atoms with Crippen LogP contribution in [0, 0.1) is 0 Å². The molecule has 3 rings (SSSR count). The van der Waals surface area contributed by atoms with Gasteiger partial charge in [0.15, 0.2) is 0 Å². The van der Waals surface area contributed by atoms with E-state index in [4.69, 9.17) is 9.47 Å². The third kappa shape index (κ3) is 4.95. The van der Waals surface area contributed by atoms with E-state index in [1.807, 2.05) is 0 Å². The van der Waals surface area contributed by atoms with E-state index in [9.17, 15) is 18.0 Å². The Hall–Kier alpha value is -2.74. The lowest BCUT2D eigenvalue weighted by molar-refractivity contribution is -0.140. The number of pyridine rings is 1. The molecule has 5 nitrogen and oxygen atoms in total. The predicted octanol–water partition coefficient (Wildman–Crippen LogP) is 5.70. The summed E-state index contributed by atoms with van der Waals surface area (Å²) in [5.74, 6) is -1.57. The third-order valence-corrected chi connectivity index (χ3v) is 4.68. The van der Waals surface area contributed by atoms with Gasteiger partial charge in [0.25, 0.3) is 0 Å². The van der Waals surface area contributed by atoms with Crippen molar-refractivity contribution in [1.29, 1.82) is 0 Å². The van der Waals surface area contributed by atoms with Crippen LogP contribution in [0.2, 0.25) is 0 Å². The summed E-state index contributed by atoms with van der Waals surface area (Å²) in [5.41, 5.74) is 0.547. The molecule has 2 aromatic rings. The molecule has 168 valence electrons. The minimum atomic E-state index is -4.60. The van der Waals surface area contributed by atoms with Gasteiger partial charge >= 0.3 is 12.1 Å². The molecule has 0 radical (unpaired) electrons. The van der Waals surface area contributed by atoms with Crippen LogP contribution >= 0.6 is 12.4 Å². The molecule has 0 amide bonds. The largest absolute Gasteiger partial charge is 0.475 e. The van der Waals surface area contributed by atoms with Gasteiger partial charge in [-0.15, -0.1) is 12.4 Å². The van der Waals surface area contributed by atoms with Crippen LogP contribution in [0.15, 0.2) is 47.8 Å². The van der Waals surface area contributed by atoms with Crippen molar-refractivity contribution in [3.63, 3.8) is 0 Å². The maximum absolute atomic E-state index is 13.9. The number of alkyl halides is 3. The first-order valence-corrected chi connectivity index (χ1v) is 9.61. The van der Waals surface area contributed by atoms with Crippen LogP contribution in [-0.2, 0) is 15.7 Å². The summed E-state index contributed by atoms with van der Waals surface area (Å²) in [6, 6.07) is 6.88. The molecular formula is C22H24ClF3N2O3. The molecule has 0 saturated carbocycles. The molecule has 0 bridgehead atoms. The van der Waals surface area contributed by atoms with Gasteiger partial charge in [-0.05, 0) is 45.4 Å². The maximum atomic E-state index is 13.9. The second-order valence-electron chi connectivity index (χ2n) is 7.15. The highest BCUT2D eigenvalue weighted by Crippen LogP contribution is 2.48. The fourth-order valence-electron chi connectivity index (χ4n) is 3.59. The first-order chi connectivity index (χ1) is 14.1. The SMILES string of the molecule is CCOC(=O)C1=C(C)Nc2ccnc(OC(C)C)c2C1c1ccccc1C(F)(F)F.Cl. The van der Waals surface area contributed by atoms with E-state index in [1.165, 1.54) is 24.4 Å². The van der Waals surface area contributed by atoms with Crippen molar-refractivity contribution in [3.8, 4) is 5.88 Å². The average Bonchev–Trinajstić information content (AvgIpc) is 2.66. The number of allylic oxidation sites excluding steroid dienone is 1. The van der Waals surface area contributed by atoms with Gasteiger partial charge in [0.1, 0.15) is 0 Å². The molecule has 1 unspecified atom stereocenters. The minimum Gasteiger partial charge on any atom is -0.475 e. The zero-order valence-electron chi connectivity index (χ0n) is 17.5. The summed E-state index contributed by atoms with van der Waals surface area (Å²) >= 11 is 0. The standard InChI is InChI=1S/C22H23F3N2O3.ClH/c1-5-29-21(28)17-13(4)27-16-10-11-26-20(30-12(2)3)19(16)18(17)14-8-6-7-9-15(14)22(23,24)25;/h6-12,18,27H,5H2,1-4H3;1H. The molecule has 0 fully saturated rings. The number of hydrogen-bond acceptors (Lipinski definition) is 5. The number of ether oxygens (including phenoxy) is 2. The number of carbonyl (C=O) groups is 1. The summed E-state index contributed by atoms with van der Waals surface area (Å²) in [7, 11) is 0. The number of halogens is 4. The summed E-state index contributed by atoms with van der Waals surface area (Å²) < 4.78 is 52.6. The van der Waals surface area contributed by atoms with Crippen LogP contribution in [0.4, 0.5) is 18.9 Å². The highest BCUT2D eigenvalue weighted by Gasteiger charge is 2.42. The van der Waals surface area contributed by atoms with Crippen molar-refractivity contribution < 1.29 is 27.4 Å². The van der Waals surface area contributed by atoms with Gasteiger partial charge in [-0.25, -0.2) is 9.78 Å². The Morgan fingerprint density at radius 2 is 1.90 bits per heavy atom. The normalized spacial score (nSPS) is 15.7. The second kappa shape index (κ2) is 9.60. The fraction of sp³-hybridized carbons (Fsp3) is 0.364. The quantitative estimate of drug-likeness (QED) is 0.584. The predicted molar refractivity (Wildman–Crippen MR) is 113 cm³/mol. The van der Waals surface area contributed by atoms with Gasteiger partial charge in [0.05, 0.1) is 29.8 Å². The Morgan fingerprint density at radius 1 is 1.23 bits per heavy atom. The molecule has 1 aromatic heterocycles. The molecule has 1 aromatic carbocycles. The topological polar surface area (TPSA) is 60.5 Å². The average molecular weight is 457 g/mol. The Labute approximate surface area is 185 Å². The van der Waals surface area contributed by atoms with Crippen LogP contribution in [-0.4, -0.2) is 23.7 Å². The molecule has 2 heterocycles. The molecule has 1 atom stereocenters. The van der Waals surface area contributed by atoms with Crippen LogP contribution in [0.3, 0.4) is 0 Å². The molecule has 1 aliphatic heterocycles. The van der Waals surface area contributed by atoms with E-state index in [0.29, 0.717) is 16.9 Å². The molecule has 1 aliphatic rings. The molecule has 0 saturated heterocycles. The fourth-order valence-corrected chi connectivity index (χ4v) is 3.59. The van der Waals surface area contributed by atoms with Crippen molar-refractivity contribution in [2.24, 2.45) is 0 Å². The van der Waals surface area contributed by atoms with E-state index >= 15 is 0 Å². The van der Waals surface area contributed by atoms with E-state index in [0.717, 1.165) is 6.07 Å². The molecule has 0 spiro atoms. The number of anilines is 1. The summed E-state index contributed by atoms with van der Waals surface area (Å²) in [4.78, 5) is 17.1. The number of nitrogens with one attached hydrogen (secondary N) is 1. The summed E-state index contributed by atoms with van der Waals surface area (Å²) in [6.45, 7) is 6.97. The Balaban J connectivity index is 0.00000341. The molecule has 31 heavy (non-hydrogen) atoms. The summed E-state index contributed by atoms with van der Waals surface area (Å²) in [5, 5.41) is 3.10. The Bertz CT molecular complexity index is 990. The second-order valence-corrected chi connectivity index (χ2v) is 7.15. The Morgan fingerprint density at radius 3 is 2.52 bits per heavy atom. The number of nitrogens with zero attached hydrogens (tertiary/aromatic N) is 1. The first kappa shape index (κ1) is 24.5. The van der Waals surface area contributed by atoms with E-state index in [1.54, 1.807) is 33.8 Å². The van der Waals surface area contributed by atoms with Crippen LogP contribution in [0.5, 0.6) is 5.88 Å². The number of carbonyl (C=O) groups excluding carboxylic acids is 1. The lowest BCUT2D eigenvalue weighted by atomic mass is 9.79. The van der Waals surface area contributed by atoms with Gasteiger partial charge in [-0.1, -0.05) is 18.2 Å². The highest BCUT2D eigenvalue weighted by molar-refractivity contribution is 5.95. The number of aromatic nitrogens is 1. The molecule has 9 heteroatoms. The lowest BCUT2D eigenvalue weighted by Crippen LogP contribution is -2.27. The van der Waals surface area contributed by atoms with Gasteiger partial charge in [0, 0.05) is 23.1 Å². The highest BCUT2D eigenvalue weighted by atomic mass is 35.5. The Kier molecular flexibility index (Phi) is 7.59. The zero-order chi connectivity index (χ0) is 22.1. The summed E-state index contributed by atoms with van der Waals surface area (Å²) in [6.07, 6.45) is -3.35. The number of rotatable bonds is 5. The number of esters is 1. The zero-order valence-corrected chi connectivity index (χ0v) is 18.4. The van der Waals surface area contributed by atoms with Crippen LogP contribution in [0.1, 0.15) is 50.3 Å². The monoisotopic (exact) mass is 456 g/mol. The number of hydrogen-bond donors (Lipinski definition) is 1. The van der Waals surface area contributed by atoms with Gasteiger partial charge in [-0.3, -0.25) is 0 Å². The van der Waals surface area contributed by atoms with Crippen LogP contribution < -0.4 is 10.1 Å². The van der Waals surface area contributed by atoms with Crippen molar-refractivity contribution in [2.75, 3.05) is 11.9 Å². The number of benzene rings is 1. The van der Waals surface area contributed by atoms with Crippen molar-refractivity contribution in [3.05, 3.63) is 64.5 Å². The van der Waals surface area contributed by atoms with E-state index in [-0.39, 0.29) is 42.1 Å². The van der Waals surface area contributed by atoms with E-state index in [2.05, 4.69) is 10.3 Å². The van der Waals surface area contributed by atoms with Crippen LogP contribution in [0.25, 0.3) is 0 Å². The lowest BCUT2D eigenvalue weighted by Gasteiger charge is -2.32. The molecule has 1 N–H and O–H groups in total. The van der Waals surface area contributed by atoms with Crippen molar-refractivity contribution >= 4 is 24.1 Å². The molecule has 0 aliphatic carbocycles. The number of fused-ring (bicyclic) bond motifs is 1. The first-order valence-electron chi connectivity index (χ1n) is 9.61. The van der Waals surface area contributed by atoms with Crippen molar-refractivity contribution in [1.82, 2.24) is 4.98 Å². The van der Waals surface area contributed by atoms with Gasteiger partial charge in [-0.2, -0.15) is 13.2 Å². The molecular weight excluding hydrogens is 433 g/mol. The minimum absolute atomic E-state index is 0. The van der Waals surface area contributed by atoms with Gasteiger partial charge < -0.3 is 14.8 Å². The smallest absolute Gasteiger partial charge is 0.416 e. The van der Waals surface area contributed by atoms with E-state index < -0.39 is 23.6 Å². The third-order valence-electron chi connectivity index (χ3n) is 4.68. The van der Waals surface area contributed by atoms with Crippen molar-refractivity contribution in [2.45, 2.75) is 45.9 Å².